The molecule has 5 heteroatoms. The van der Waals surface area contributed by atoms with Crippen LogP contribution in [0.4, 0.5) is 4.39 Å². The maximum absolute atomic E-state index is 13.0. The third-order valence-electron chi connectivity index (χ3n) is 3.36. The molecule has 0 unspecified atom stereocenters. The average molecular weight is 291 g/mol. The van der Waals surface area contributed by atoms with Gasteiger partial charge in [0, 0.05) is 5.54 Å². The average Bonchev–Trinajstić information content (AvgIpc) is 2.85. The van der Waals surface area contributed by atoms with E-state index in [1.807, 2.05) is 13.8 Å². The molecule has 0 radical (unpaired) electrons. The Kier molecular flexibility index (Phi) is 4.14. The Morgan fingerprint density at radius 1 is 1.10 bits per heavy atom. The van der Waals surface area contributed by atoms with E-state index >= 15 is 0 Å². The first-order valence-electron chi connectivity index (χ1n) is 7.02. The second-order valence-electron chi connectivity index (χ2n) is 6.75. The lowest BCUT2D eigenvalue weighted by molar-refractivity contribution is 0.330. The van der Waals surface area contributed by atoms with Gasteiger partial charge in [-0.05, 0) is 52.3 Å². The van der Waals surface area contributed by atoms with Crippen LogP contribution < -0.4 is 5.32 Å². The van der Waals surface area contributed by atoms with E-state index in [0.29, 0.717) is 18.3 Å². The summed E-state index contributed by atoms with van der Waals surface area (Å²) >= 11 is 0. The van der Waals surface area contributed by atoms with Gasteiger partial charge in [-0.2, -0.15) is 4.98 Å². The zero-order valence-electron chi connectivity index (χ0n) is 13.2. The summed E-state index contributed by atoms with van der Waals surface area (Å²) in [5, 5.41) is 7.37. The first-order chi connectivity index (χ1) is 9.68. The van der Waals surface area contributed by atoms with Crippen molar-refractivity contribution in [3.8, 4) is 0 Å². The van der Waals surface area contributed by atoms with Crippen molar-refractivity contribution in [3.05, 3.63) is 47.4 Å². The minimum atomic E-state index is -0.433. The van der Waals surface area contributed by atoms with E-state index in [1.165, 1.54) is 12.1 Å². The smallest absolute Gasteiger partial charge is 0.240 e. The highest BCUT2D eigenvalue weighted by atomic mass is 19.1. The third-order valence-corrected chi connectivity index (χ3v) is 3.36. The summed E-state index contributed by atoms with van der Waals surface area (Å²) in [4.78, 5) is 4.45. The number of hydrogen-bond acceptors (Lipinski definition) is 4. The molecule has 0 aliphatic heterocycles. The Bertz CT molecular complexity index is 597. The molecular weight excluding hydrogens is 269 g/mol. The van der Waals surface area contributed by atoms with Crippen LogP contribution in [-0.2, 0) is 12.0 Å². The molecule has 0 amide bonds. The number of hydrogen-bond donors (Lipinski definition) is 1. The summed E-state index contributed by atoms with van der Waals surface area (Å²) < 4.78 is 18.3. The maximum atomic E-state index is 13.0. The zero-order chi connectivity index (χ0) is 15.7. The predicted octanol–water partition coefficient (Wildman–Crippen LogP) is 3.42. The Morgan fingerprint density at radius 3 is 2.29 bits per heavy atom. The van der Waals surface area contributed by atoms with Gasteiger partial charge in [-0.1, -0.05) is 17.3 Å². The van der Waals surface area contributed by atoms with Crippen molar-refractivity contribution in [1.29, 1.82) is 0 Å². The van der Waals surface area contributed by atoms with Crippen LogP contribution in [0.1, 0.15) is 51.9 Å². The van der Waals surface area contributed by atoms with Crippen LogP contribution in [0.25, 0.3) is 0 Å². The lowest BCUT2D eigenvalue weighted by Gasteiger charge is -2.21. The minimum Gasteiger partial charge on any atom is -0.338 e. The van der Waals surface area contributed by atoms with E-state index in [4.69, 9.17) is 4.52 Å². The van der Waals surface area contributed by atoms with Gasteiger partial charge >= 0.3 is 0 Å². The lowest BCUT2D eigenvalue weighted by Crippen LogP contribution is -2.35. The molecule has 1 aromatic heterocycles. The number of nitrogens with one attached hydrogen (secondary N) is 1. The molecule has 0 saturated heterocycles. The normalized spacial score (nSPS) is 12.7. The Morgan fingerprint density at radius 2 is 1.71 bits per heavy atom. The zero-order valence-corrected chi connectivity index (χ0v) is 13.2. The number of halogens is 1. The second kappa shape index (κ2) is 5.56. The van der Waals surface area contributed by atoms with Crippen molar-refractivity contribution >= 4 is 0 Å². The highest BCUT2D eigenvalue weighted by Gasteiger charge is 2.29. The molecule has 0 aliphatic rings. The Balaban J connectivity index is 2.17. The van der Waals surface area contributed by atoms with E-state index in [0.717, 1.165) is 5.56 Å². The molecule has 114 valence electrons. The molecule has 21 heavy (non-hydrogen) atoms. The highest BCUT2D eigenvalue weighted by molar-refractivity contribution is 5.30. The molecular formula is C16H22FN3O. The predicted molar refractivity (Wildman–Crippen MR) is 79.4 cm³/mol. The number of aromatic nitrogens is 2. The van der Waals surface area contributed by atoms with Gasteiger partial charge in [-0.25, -0.2) is 4.39 Å². The quantitative estimate of drug-likeness (QED) is 0.937. The van der Waals surface area contributed by atoms with Crippen LogP contribution in [0.5, 0.6) is 0 Å². The van der Waals surface area contributed by atoms with Crippen molar-refractivity contribution in [1.82, 2.24) is 15.5 Å². The SMILES string of the molecule is CC(C)(C)NCc1nc(C(C)(C)c2ccc(F)cc2)no1. The Hall–Kier alpha value is -1.75. The van der Waals surface area contributed by atoms with Crippen molar-refractivity contribution in [2.45, 2.75) is 52.1 Å². The van der Waals surface area contributed by atoms with E-state index in [-0.39, 0.29) is 11.4 Å². The summed E-state index contributed by atoms with van der Waals surface area (Å²) in [6.45, 7) is 10.7. The van der Waals surface area contributed by atoms with E-state index < -0.39 is 5.41 Å². The summed E-state index contributed by atoms with van der Waals surface area (Å²) in [5.74, 6) is 0.896. The maximum Gasteiger partial charge on any atom is 0.240 e. The number of nitrogens with zero attached hydrogens (tertiary/aromatic N) is 2. The van der Waals surface area contributed by atoms with E-state index in [2.05, 4.69) is 36.2 Å². The van der Waals surface area contributed by atoms with Crippen LogP contribution >= 0.6 is 0 Å². The summed E-state index contributed by atoms with van der Waals surface area (Å²) in [6.07, 6.45) is 0. The standard InChI is InChI=1S/C16H22FN3O/c1-15(2,3)18-10-13-19-14(20-21-13)16(4,5)11-6-8-12(17)9-7-11/h6-9,18H,10H2,1-5H3. The number of benzene rings is 1. The number of rotatable bonds is 4. The molecule has 1 heterocycles. The monoisotopic (exact) mass is 291 g/mol. The van der Waals surface area contributed by atoms with Gasteiger partial charge in [0.15, 0.2) is 5.82 Å². The molecule has 0 atom stereocenters. The molecule has 2 aromatic rings. The van der Waals surface area contributed by atoms with Gasteiger partial charge < -0.3 is 9.84 Å². The van der Waals surface area contributed by atoms with E-state index in [1.54, 1.807) is 12.1 Å². The molecule has 1 N–H and O–H groups in total. The van der Waals surface area contributed by atoms with Crippen LogP contribution in [-0.4, -0.2) is 15.7 Å². The van der Waals surface area contributed by atoms with Gasteiger partial charge in [0.1, 0.15) is 5.82 Å². The van der Waals surface area contributed by atoms with Crippen LogP contribution in [0, 0.1) is 5.82 Å². The molecule has 2 rings (SSSR count). The summed E-state index contributed by atoms with van der Waals surface area (Å²) in [6, 6.07) is 6.38. The first kappa shape index (κ1) is 15.6. The molecule has 0 saturated carbocycles. The van der Waals surface area contributed by atoms with Crippen molar-refractivity contribution in [3.63, 3.8) is 0 Å². The molecule has 1 aromatic carbocycles. The van der Waals surface area contributed by atoms with Crippen molar-refractivity contribution < 1.29 is 8.91 Å². The highest BCUT2D eigenvalue weighted by Crippen LogP contribution is 2.29. The second-order valence-corrected chi connectivity index (χ2v) is 6.75. The Labute approximate surface area is 124 Å². The van der Waals surface area contributed by atoms with Crippen LogP contribution in [0.3, 0.4) is 0 Å². The van der Waals surface area contributed by atoms with Crippen LogP contribution in [0.15, 0.2) is 28.8 Å². The molecule has 0 spiro atoms. The van der Waals surface area contributed by atoms with E-state index in [9.17, 15) is 4.39 Å². The van der Waals surface area contributed by atoms with Crippen LogP contribution in [0.2, 0.25) is 0 Å². The third kappa shape index (κ3) is 3.88. The summed E-state index contributed by atoms with van der Waals surface area (Å²) in [7, 11) is 0. The summed E-state index contributed by atoms with van der Waals surface area (Å²) in [5.41, 5.74) is 0.498. The minimum absolute atomic E-state index is 0.0128. The topological polar surface area (TPSA) is 51.0 Å². The molecule has 4 nitrogen and oxygen atoms in total. The van der Waals surface area contributed by atoms with Crippen molar-refractivity contribution in [2.24, 2.45) is 0 Å². The van der Waals surface area contributed by atoms with Gasteiger partial charge in [0.25, 0.3) is 0 Å². The largest absolute Gasteiger partial charge is 0.338 e. The van der Waals surface area contributed by atoms with Gasteiger partial charge in [-0.15, -0.1) is 0 Å². The first-order valence-corrected chi connectivity index (χ1v) is 7.02. The van der Waals surface area contributed by atoms with Gasteiger partial charge in [0.05, 0.1) is 12.0 Å². The molecule has 0 fully saturated rings. The van der Waals surface area contributed by atoms with Gasteiger partial charge in [-0.3, -0.25) is 0 Å². The fourth-order valence-corrected chi connectivity index (χ4v) is 1.92. The van der Waals surface area contributed by atoms with Gasteiger partial charge in [0.2, 0.25) is 5.89 Å². The molecule has 0 aliphatic carbocycles. The van der Waals surface area contributed by atoms with Crippen molar-refractivity contribution in [2.75, 3.05) is 0 Å². The molecule has 0 bridgehead atoms. The fraction of sp³-hybridized carbons (Fsp3) is 0.500. The fourth-order valence-electron chi connectivity index (χ4n) is 1.92. The lowest BCUT2D eigenvalue weighted by atomic mass is 9.84.